The summed E-state index contributed by atoms with van der Waals surface area (Å²) in [6.45, 7) is 3.88. The number of hydrogen-bond donors (Lipinski definition) is 1. The van der Waals surface area contributed by atoms with Gasteiger partial charge in [-0.15, -0.1) is 0 Å². The van der Waals surface area contributed by atoms with Gasteiger partial charge in [0.1, 0.15) is 17.0 Å². The van der Waals surface area contributed by atoms with Crippen molar-refractivity contribution in [2.45, 2.75) is 13.8 Å². The smallest absolute Gasteiger partial charge is 0.277 e. The molecule has 0 aliphatic carbocycles. The van der Waals surface area contributed by atoms with E-state index >= 15 is 0 Å². The van der Waals surface area contributed by atoms with Gasteiger partial charge in [0, 0.05) is 34.2 Å². The number of ether oxygens (including phenoxy) is 2. The second-order valence-electron chi connectivity index (χ2n) is 7.27. The number of fused-ring (bicyclic) bond motifs is 1. The number of aromatic nitrogens is 2. The highest BCUT2D eigenvalue weighted by Crippen LogP contribution is 2.23. The summed E-state index contributed by atoms with van der Waals surface area (Å²) in [4.78, 5) is 16.5. The lowest BCUT2D eigenvalue weighted by molar-refractivity contribution is -0.123. The van der Waals surface area contributed by atoms with Gasteiger partial charge in [0.05, 0.1) is 13.3 Å². The van der Waals surface area contributed by atoms with E-state index in [2.05, 4.69) is 20.1 Å². The first-order chi connectivity index (χ1) is 15.6. The van der Waals surface area contributed by atoms with Gasteiger partial charge in [-0.1, -0.05) is 18.2 Å². The van der Waals surface area contributed by atoms with E-state index in [1.807, 2.05) is 68.4 Å². The molecule has 4 rings (SSSR count). The third-order valence-electron chi connectivity index (χ3n) is 5.15. The molecule has 0 fully saturated rings. The summed E-state index contributed by atoms with van der Waals surface area (Å²) in [7, 11) is 1.65. The number of aryl methyl sites for hydroxylation is 1. The molecular formula is C25H24N4O3. The van der Waals surface area contributed by atoms with E-state index in [1.165, 1.54) is 0 Å². The van der Waals surface area contributed by atoms with Crippen LogP contribution in [0.1, 0.15) is 17.0 Å². The van der Waals surface area contributed by atoms with Crippen LogP contribution < -0.4 is 14.9 Å². The zero-order chi connectivity index (χ0) is 22.5. The maximum Gasteiger partial charge on any atom is 0.277 e. The highest BCUT2D eigenvalue weighted by Gasteiger charge is 2.10. The van der Waals surface area contributed by atoms with E-state index in [9.17, 15) is 4.79 Å². The number of rotatable bonds is 7. The van der Waals surface area contributed by atoms with Crippen molar-refractivity contribution in [3.8, 4) is 17.2 Å². The average molecular weight is 428 g/mol. The largest absolute Gasteiger partial charge is 0.497 e. The number of hydrazone groups is 1. The van der Waals surface area contributed by atoms with Crippen LogP contribution in [-0.4, -0.2) is 35.4 Å². The van der Waals surface area contributed by atoms with Gasteiger partial charge in [-0.25, -0.2) is 5.43 Å². The Morgan fingerprint density at radius 1 is 1.12 bits per heavy atom. The molecule has 0 bridgehead atoms. The van der Waals surface area contributed by atoms with Gasteiger partial charge in [0.25, 0.3) is 5.91 Å². The molecule has 0 spiro atoms. The first-order valence-electron chi connectivity index (χ1n) is 10.2. The third-order valence-corrected chi connectivity index (χ3v) is 5.15. The van der Waals surface area contributed by atoms with E-state index in [0.29, 0.717) is 5.75 Å². The number of hydrogen-bond acceptors (Lipinski definition) is 5. The minimum absolute atomic E-state index is 0.155. The van der Waals surface area contributed by atoms with E-state index < -0.39 is 0 Å². The lowest BCUT2D eigenvalue weighted by Crippen LogP contribution is -2.24. The monoisotopic (exact) mass is 428 g/mol. The lowest BCUT2D eigenvalue weighted by atomic mass is 10.2. The second kappa shape index (κ2) is 9.34. The summed E-state index contributed by atoms with van der Waals surface area (Å²) in [5.74, 6) is 1.02. The van der Waals surface area contributed by atoms with Crippen molar-refractivity contribution in [3.63, 3.8) is 0 Å². The number of carbonyl (C=O) groups is 1. The molecular weight excluding hydrogens is 404 g/mol. The first-order valence-corrected chi connectivity index (χ1v) is 10.2. The SMILES string of the molecule is COc1ccc(-n2c(C)cc(/C=N/NC(=O)COc3cccc4cccnc34)c2C)cc1. The second-order valence-corrected chi connectivity index (χ2v) is 7.27. The molecule has 7 heteroatoms. The highest BCUT2D eigenvalue weighted by molar-refractivity contribution is 5.86. The Bertz CT molecular complexity index is 1270. The van der Waals surface area contributed by atoms with E-state index in [4.69, 9.17) is 9.47 Å². The van der Waals surface area contributed by atoms with Gasteiger partial charge in [-0.2, -0.15) is 5.10 Å². The minimum atomic E-state index is -0.349. The fourth-order valence-electron chi connectivity index (χ4n) is 3.59. The molecule has 32 heavy (non-hydrogen) atoms. The van der Waals surface area contributed by atoms with Crippen LogP contribution in [0.15, 0.2) is 72.0 Å². The van der Waals surface area contributed by atoms with Gasteiger partial charge >= 0.3 is 0 Å². The Balaban J connectivity index is 1.40. The van der Waals surface area contributed by atoms with Gasteiger partial charge in [-0.3, -0.25) is 9.78 Å². The predicted octanol–water partition coefficient (Wildman–Crippen LogP) is 4.18. The summed E-state index contributed by atoms with van der Waals surface area (Å²) >= 11 is 0. The molecule has 0 saturated carbocycles. The van der Waals surface area contributed by atoms with Gasteiger partial charge in [-0.05, 0) is 56.3 Å². The Morgan fingerprint density at radius 2 is 1.91 bits per heavy atom. The van der Waals surface area contributed by atoms with Gasteiger partial charge in [0.2, 0.25) is 0 Å². The first kappa shape index (κ1) is 21.1. The fraction of sp³-hybridized carbons (Fsp3) is 0.160. The number of nitrogens with zero attached hydrogens (tertiary/aromatic N) is 3. The number of para-hydroxylation sites is 1. The summed E-state index contributed by atoms with van der Waals surface area (Å²) in [6.07, 6.45) is 3.33. The predicted molar refractivity (Wildman–Crippen MR) is 125 cm³/mol. The molecule has 0 radical (unpaired) electrons. The quantitative estimate of drug-likeness (QED) is 0.354. The van der Waals surface area contributed by atoms with E-state index in [0.717, 1.165) is 39.3 Å². The Morgan fingerprint density at radius 3 is 2.69 bits per heavy atom. The van der Waals surface area contributed by atoms with Gasteiger partial charge < -0.3 is 14.0 Å². The van der Waals surface area contributed by atoms with Crippen LogP contribution in [0.3, 0.4) is 0 Å². The maximum atomic E-state index is 12.2. The van der Waals surface area contributed by atoms with Crippen molar-refractivity contribution < 1.29 is 14.3 Å². The fourth-order valence-corrected chi connectivity index (χ4v) is 3.59. The van der Waals surface area contributed by atoms with Crippen molar-refractivity contribution in [1.29, 1.82) is 0 Å². The maximum absolute atomic E-state index is 12.2. The normalized spacial score (nSPS) is 11.1. The molecule has 162 valence electrons. The summed E-state index contributed by atoms with van der Waals surface area (Å²) < 4.78 is 13.0. The number of nitrogens with one attached hydrogen (secondary N) is 1. The van der Waals surface area contributed by atoms with Gasteiger partial charge in [0.15, 0.2) is 6.61 Å². The van der Waals surface area contributed by atoms with E-state index in [1.54, 1.807) is 25.6 Å². The van der Waals surface area contributed by atoms with Crippen LogP contribution in [0, 0.1) is 13.8 Å². The van der Waals surface area contributed by atoms with Crippen LogP contribution >= 0.6 is 0 Å². The molecule has 2 aromatic heterocycles. The molecule has 2 heterocycles. The molecule has 1 N–H and O–H groups in total. The molecule has 7 nitrogen and oxygen atoms in total. The minimum Gasteiger partial charge on any atom is -0.497 e. The molecule has 2 aromatic carbocycles. The Labute approximate surface area is 186 Å². The highest BCUT2D eigenvalue weighted by atomic mass is 16.5. The molecule has 0 aliphatic heterocycles. The lowest BCUT2D eigenvalue weighted by Gasteiger charge is -2.10. The summed E-state index contributed by atoms with van der Waals surface area (Å²) in [5, 5.41) is 5.05. The van der Waals surface area contributed by atoms with Crippen molar-refractivity contribution in [1.82, 2.24) is 15.0 Å². The standard InChI is InChI=1S/C25H24N4O3/c1-17-14-20(18(2)29(17)21-9-11-22(31-3)12-10-21)15-27-28-24(30)16-32-23-8-4-6-19-7-5-13-26-25(19)23/h4-15H,16H2,1-3H3,(H,28,30)/b27-15+. The van der Waals surface area contributed by atoms with Crippen molar-refractivity contribution in [2.24, 2.45) is 5.10 Å². The molecule has 0 unspecified atom stereocenters. The van der Waals surface area contributed by atoms with Crippen LogP contribution in [0.25, 0.3) is 16.6 Å². The third kappa shape index (κ3) is 4.46. The Kier molecular flexibility index (Phi) is 6.17. The van der Waals surface area contributed by atoms with Crippen LogP contribution in [0.5, 0.6) is 11.5 Å². The molecule has 0 saturated heterocycles. The molecule has 4 aromatic rings. The topological polar surface area (TPSA) is 77.7 Å². The number of methoxy groups -OCH3 is 1. The van der Waals surface area contributed by atoms with Crippen molar-refractivity contribution in [3.05, 3.63) is 83.8 Å². The van der Waals surface area contributed by atoms with Crippen LogP contribution in [0.4, 0.5) is 0 Å². The number of benzene rings is 2. The molecule has 0 aliphatic rings. The number of amides is 1. The van der Waals surface area contributed by atoms with Crippen molar-refractivity contribution >= 4 is 23.0 Å². The summed E-state index contributed by atoms with van der Waals surface area (Å²) in [6, 6.07) is 19.3. The van der Waals surface area contributed by atoms with E-state index in [-0.39, 0.29) is 12.5 Å². The summed E-state index contributed by atoms with van der Waals surface area (Å²) in [5.41, 5.74) is 7.26. The zero-order valence-electron chi connectivity index (χ0n) is 18.2. The molecule has 0 atom stereocenters. The number of pyridine rings is 1. The Hall–Kier alpha value is -4.13. The van der Waals surface area contributed by atoms with Crippen LogP contribution in [0.2, 0.25) is 0 Å². The van der Waals surface area contributed by atoms with Crippen molar-refractivity contribution in [2.75, 3.05) is 13.7 Å². The number of carbonyl (C=O) groups excluding carboxylic acids is 1. The molecule has 1 amide bonds. The van der Waals surface area contributed by atoms with Crippen LogP contribution in [-0.2, 0) is 4.79 Å². The zero-order valence-corrected chi connectivity index (χ0v) is 18.2. The average Bonchev–Trinajstić information content (AvgIpc) is 3.10.